The minimum absolute atomic E-state index is 0. The maximum absolute atomic E-state index is 0. The Hall–Kier alpha value is 1.26. The molecule has 0 saturated carbocycles. The maximum atomic E-state index is 0. The monoisotopic (exact) mass is 343 g/mol. The van der Waals surface area contributed by atoms with Crippen molar-refractivity contribution >= 4 is 0 Å². The normalized spacial score (nSPS) is 0. The predicted octanol–water partition coefficient (Wildman–Crippen LogP) is -1.07. The molecule has 0 amide bonds. The molecule has 5 heavy (non-hydrogen) atoms. The van der Waals surface area contributed by atoms with Crippen LogP contribution in [0.5, 0.6) is 0 Å². The van der Waals surface area contributed by atoms with E-state index in [0.717, 1.165) is 0 Å². The molecule has 2 N–H and O–H groups in total. The van der Waals surface area contributed by atoms with Gasteiger partial charge in [-0.1, -0.05) is 0 Å². The number of hydrogen-bond acceptors (Lipinski definition) is 0. The van der Waals surface area contributed by atoms with Crippen molar-refractivity contribution in [1.82, 2.24) is 0 Å². The second-order valence-electron chi connectivity index (χ2n) is 0. The molecule has 5 heteroatoms. The predicted molar refractivity (Wildman–Crippen MR) is 4.99 cm³/mol. The molecule has 0 bridgehead atoms. The first-order valence-corrected chi connectivity index (χ1v) is 0. The zero-order chi connectivity index (χ0) is 0. The SMILES string of the molecule is O.[Mo].[O-2].[O-2].[Pt+4]. The Morgan fingerprint density at radius 3 is 0.800 bits per heavy atom. The number of rotatable bonds is 0. The standard InChI is InChI=1S/Mo.H2O.2O.Pt/h;1H2;;;/q;;2*-2;+4. The third-order valence-electron chi connectivity index (χ3n) is 0. The van der Waals surface area contributed by atoms with Crippen molar-refractivity contribution < 1.29 is 58.6 Å². The van der Waals surface area contributed by atoms with Gasteiger partial charge in [0.2, 0.25) is 0 Å². The largest absolute Gasteiger partial charge is 4.00 e. The van der Waals surface area contributed by atoms with Crippen molar-refractivity contribution in [2.24, 2.45) is 0 Å². The average molecular weight is 341 g/mol. The zero-order valence-electron chi connectivity index (χ0n) is 2.04. The Labute approximate surface area is 58.6 Å². The molecule has 0 aliphatic heterocycles. The molecule has 0 aromatic rings. The van der Waals surface area contributed by atoms with E-state index in [1.54, 1.807) is 0 Å². The van der Waals surface area contributed by atoms with Crippen LogP contribution in [-0.4, -0.2) is 5.48 Å². The van der Waals surface area contributed by atoms with Crippen LogP contribution in [0.25, 0.3) is 0 Å². The fourth-order valence-corrected chi connectivity index (χ4v) is 0. The summed E-state index contributed by atoms with van der Waals surface area (Å²) < 4.78 is 0. The molecule has 0 unspecified atom stereocenters. The first-order chi connectivity index (χ1) is 0. The van der Waals surface area contributed by atoms with Gasteiger partial charge in [0.05, 0.1) is 0 Å². The molecule has 0 aliphatic carbocycles. The van der Waals surface area contributed by atoms with E-state index in [9.17, 15) is 0 Å². The first kappa shape index (κ1) is 109. The molecule has 0 aromatic carbocycles. The van der Waals surface area contributed by atoms with Crippen molar-refractivity contribution in [1.29, 1.82) is 0 Å². The Morgan fingerprint density at radius 1 is 0.800 bits per heavy atom. The molecule has 0 spiro atoms. The molecule has 0 aliphatic rings. The van der Waals surface area contributed by atoms with Crippen LogP contribution in [0.4, 0.5) is 0 Å². The van der Waals surface area contributed by atoms with Gasteiger partial charge in [0.25, 0.3) is 0 Å². The topological polar surface area (TPSA) is 88.5 Å². The summed E-state index contributed by atoms with van der Waals surface area (Å²) in [6.07, 6.45) is 0. The summed E-state index contributed by atoms with van der Waals surface area (Å²) in [6, 6.07) is 0. The Morgan fingerprint density at radius 2 is 0.800 bits per heavy atom. The minimum atomic E-state index is 0. The summed E-state index contributed by atoms with van der Waals surface area (Å²) in [4.78, 5) is 0. The van der Waals surface area contributed by atoms with E-state index in [4.69, 9.17) is 0 Å². The molecule has 0 aromatic heterocycles. The zero-order valence-corrected chi connectivity index (χ0v) is 6.32. The van der Waals surface area contributed by atoms with Gasteiger partial charge in [0.15, 0.2) is 0 Å². The summed E-state index contributed by atoms with van der Waals surface area (Å²) in [5.41, 5.74) is 0. The molecule has 0 atom stereocenters. The summed E-state index contributed by atoms with van der Waals surface area (Å²) in [5, 5.41) is 0. The van der Waals surface area contributed by atoms with Crippen LogP contribution in [0, 0.1) is 0 Å². The van der Waals surface area contributed by atoms with Crippen molar-refractivity contribution in [2.75, 3.05) is 0 Å². The van der Waals surface area contributed by atoms with E-state index >= 15 is 0 Å². The van der Waals surface area contributed by atoms with E-state index in [1.807, 2.05) is 0 Å². The van der Waals surface area contributed by atoms with Crippen molar-refractivity contribution in [3.63, 3.8) is 0 Å². The van der Waals surface area contributed by atoms with E-state index in [-0.39, 0.29) is 58.6 Å². The third kappa shape index (κ3) is 35.3. The Balaban J connectivity index is 0. The van der Waals surface area contributed by atoms with E-state index in [2.05, 4.69) is 0 Å². The van der Waals surface area contributed by atoms with Crippen molar-refractivity contribution in [3.8, 4) is 0 Å². The van der Waals surface area contributed by atoms with Gasteiger partial charge in [-0.15, -0.1) is 0 Å². The molecule has 3 nitrogen and oxygen atoms in total. The summed E-state index contributed by atoms with van der Waals surface area (Å²) in [6.45, 7) is 0. The van der Waals surface area contributed by atoms with E-state index < -0.39 is 0 Å². The van der Waals surface area contributed by atoms with Gasteiger partial charge in [0.1, 0.15) is 0 Å². The Kier molecular flexibility index (Phi) is 1320. The fraction of sp³-hybridized carbons (Fsp3) is 0. The van der Waals surface area contributed by atoms with Gasteiger partial charge >= 0.3 is 21.1 Å². The molecule has 0 saturated heterocycles. The molecule has 0 heterocycles. The molecule has 36 valence electrons. The van der Waals surface area contributed by atoms with Gasteiger partial charge in [0, 0.05) is 21.1 Å². The molecule has 0 rings (SSSR count). The number of hydrogen-bond donors (Lipinski definition) is 0. The minimum Gasteiger partial charge on any atom is -2.00 e. The smallest absolute Gasteiger partial charge is 2.00 e. The summed E-state index contributed by atoms with van der Waals surface area (Å²) >= 11 is 0. The van der Waals surface area contributed by atoms with Gasteiger partial charge in [-0.3, -0.25) is 0 Å². The van der Waals surface area contributed by atoms with Gasteiger partial charge in [-0.05, 0) is 0 Å². The van der Waals surface area contributed by atoms with Crippen LogP contribution in [-0.2, 0) is 53.1 Å². The van der Waals surface area contributed by atoms with Crippen LogP contribution in [0.3, 0.4) is 0 Å². The van der Waals surface area contributed by atoms with E-state index in [1.165, 1.54) is 0 Å². The van der Waals surface area contributed by atoms with Crippen LogP contribution < -0.4 is 0 Å². The summed E-state index contributed by atoms with van der Waals surface area (Å²) in [7, 11) is 0. The van der Waals surface area contributed by atoms with Gasteiger partial charge in [-0.2, -0.15) is 0 Å². The quantitative estimate of drug-likeness (QED) is 0.503. The van der Waals surface area contributed by atoms with Gasteiger partial charge in [-0.25, -0.2) is 0 Å². The molecular weight excluding hydrogens is 339 g/mol. The second-order valence-corrected chi connectivity index (χ2v) is 0. The van der Waals surface area contributed by atoms with Gasteiger partial charge < -0.3 is 16.4 Å². The maximum Gasteiger partial charge on any atom is 4.00 e. The first-order valence-electron chi connectivity index (χ1n) is 0. The van der Waals surface area contributed by atoms with Crippen LogP contribution in [0.2, 0.25) is 0 Å². The van der Waals surface area contributed by atoms with Crippen molar-refractivity contribution in [2.45, 2.75) is 0 Å². The van der Waals surface area contributed by atoms with Crippen LogP contribution >= 0.6 is 0 Å². The fourth-order valence-electron chi connectivity index (χ4n) is 0. The average Bonchev–Trinajstić information content (AvgIpc) is 0. The third-order valence-corrected chi connectivity index (χ3v) is 0. The van der Waals surface area contributed by atoms with Crippen LogP contribution in [0.1, 0.15) is 0 Å². The second kappa shape index (κ2) is 60.3. The van der Waals surface area contributed by atoms with E-state index in [0.29, 0.717) is 0 Å². The van der Waals surface area contributed by atoms with Crippen molar-refractivity contribution in [3.05, 3.63) is 0 Å². The molecular formula is H2MoO3Pt. The van der Waals surface area contributed by atoms with Crippen LogP contribution in [0.15, 0.2) is 0 Å². The molecule has 0 radical (unpaired) electrons. The molecule has 0 fully saturated rings. The Bertz CT molecular complexity index is 6.85. The summed E-state index contributed by atoms with van der Waals surface area (Å²) in [5.74, 6) is 0.